The quantitative estimate of drug-likeness (QED) is 0.882. The number of methoxy groups -OCH3 is 1. The molecule has 0 aliphatic rings. The first-order valence-electron chi connectivity index (χ1n) is 6.11. The fraction of sp³-hybridized carbons (Fsp3) is 0.308. The molecule has 8 heteroatoms. The molecule has 1 aromatic carbocycles. The SMILES string of the molecule is COCCc1c(C(=O)O)nnn1Cc1cc(F)ccc1Cl. The summed E-state index contributed by atoms with van der Waals surface area (Å²) in [6.45, 7) is 0.459. The molecule has 2 rings (SSSR count). The van der Waals surface area contributed by atoms with Crippen LogP contribution in [0, 0.1) is 5.82 Å². The van der Waals surface area contributed by atoms with Gasteiger partial charge in [0, 0.05) is 18.6 Å². The Morgan fingerprint density at radius 3 is 2.95 bits per heavy atom. The van der Waals surface area contributed by atoms with Gasteiger partial charge in [0.05, 0.1) is 18.8 Å². The predicted molar refractivity (Wildman–Crippen MR) is 73.1 cm³/mol. The molecule has 0 saturated carbocycles. The Morgan fingerprint density at radius 1 is 1.52 bits per heavy atom. The lowest BCUT2D eigenvalue weighted by atomic mass is 10.2. The fourth-order valence-corrected chi connectivity index (χ4v) is 2.08. The van der Waals surface area contributed by atoms with Crippen molar-refractivity contribution >= 4 is 17.6 Å². The first kappa shape index (κ1) is 15.4. The molecule has 0 aliphatic heterocycles. The molecular formula is C13H13ClFN3O3. The van der Waals surface area contributed by atoms with Gasteiger partial charge < -0.3 is 9.84 Å². The summed E-state index contributed by atoms with van der Waals surface area (Å²) in [7, 11) is 1.51. The monoisotopic (exact) mass is 313 g/mol. The molecule has 21 heavy (non-hydrogen) atoms. The Bertz CT molecular complexity index is 660. The number of carboxylic acids is 1. The number of benzene rings is 1. The topological polar surface area (TPSA) is 77.2 Å². The molecule has 0 unspecified atom stereocenters. The van der Waals surface area contributed by atoms with Crippen LogP contribution in [-0.4, -0.2) is 39.8 Å². The number of carbonyl (C=O) groups is 1. The molecule has 0 bridgehead atoms. The molecule has 1 N–H and O–H groups in total. The van der Waals surface area contributed by atoms with E-state index in [9.17, 15) is 9.18 Å². The van der Waals surface area contributed by atoms with Crippen molar-refractivity contribution in [3.8, 4) is 0 Å². The third-order valence-electron chi connectivity index (χ3n) is 2.91. The lowest BCUT2D eigenvalue weighted by molar-refractivity contribution is 0.0688. The minimum atomic E-state index is -1.17. The Labute approximate surface area is 125 Å². The zero-order valence-corrected chi connectivity index (χ0v) is 12.0. The summed E-state index contributed by atoms with van der Waals surface area (Å²) >= 11 is 6.00. The number of aromatic carboxylic acids is 1. The van der Waals surface area contributed by atoms with Crippen molar-refractivity contribution in [1.29, 1.82) is 0 Å². The average molecular weight is 314 g/mol. The van der Waals surface area contributed by atoms with E-state index in [0.29, 0.717) is 29.3 Å². The Balaban J connectivity index is 2.34. The summed E-state index contributed by atoms with van der Waals surface area (Å²) in [5, 5.41) is 16.9. The van der Waals surface area contributed by atoms with Gasteiger partial charge in [0.1, 0.15) is 5.82 Å². The van der Waals surface area contributed by atoms with Gasteiger partial charge in [-0.25, -0.2) is 13.9 Å². The van der Waals surface area contributed by atoms with Crippen molar-refractivity contribution in [2.45, 2.75) is 13.0 Å². The maximum atomic E-state index is 13.3. The first-order chi connectivity index (χ1) is 10.0. The van der Waals surface area contributed by atoms with E-state index < -0.39 is 11.8 Å². The van der Waals surface area contributed by atoms with E-state index >= 15 is 0 Å². The largest absolute Gasteiger partial charge is 0.476 e. The number of aromatic nitrogens is 3. The highest BCUT2D eigenvalue weighted by Gasteiger charge is 2.19. The van der Waals surface area contributed by atoms with Crippen LogP contribution in [0.15, 0.2) is 18.2 Å². The van der Waals surface area contributed by atoms with Crippen molar-refractivity contribution in [1.82, 2.24) is 15.0 Å². The van der Waals surface area contributed by atoms with Gasteiger partial charge in [-0.1, -0.05) is 16.8 Å². The summed E-state index contributed by atoms with van der Waals surface area (Å²) in [4.78, 5) is 11.1. The van der Waals surface area contributed by atoms with E-state index in [0.717, 1.165) is 0 Å². The molecule has 0 aliphatic carbocycles. The number of nitrogens with zero attached hydrogens (tertiary/aromatic N) is 3. The summed E-state index contributed by atoms with van der Waals surface area (Å²) in [6, 6.07) is 3.97. The molecule has 0 spiro atoms. The maximum absolute atomic E-state index is 13.3. The Morgan fingerprint density at radius 2 is 2.29 bits per heavy atom. The Kier molecular flexibility index (Phi) is 4.87. The number of hydrogen-bond donors (Lipinski definition) is 1. The molecule has 112 valence electrons. The maximum Gasteiger partial charge on any atom is 0.358 e. The third-order valence-corrected chi connectivity index (χ3v) is 3.28. The van der Waals surface area contributed by atoms with Gasteiger partial charge in [-0.3, -0.25) is 0 Å². The second kappa shape index (κ2) is 6.64. The molecule has 0 radical (unpaired) electrons. The molecule has 6 nitrogen and oxygen atoms in total. The minimum Gasteiger partial charge on any atom is -0.476 e. The van der Waals surface area contributed by atoms with Crippen LogP contribution in [0.1, 0.15) is 21.7 Å². The molecule has 2 aromatic rings. The van der Waals surface area contributed by atoms with Gasteiger partial charge in [0.15, 0.2) is 5.69 Å². The summed E-state index contributed by atoms with van der Waals surface area (Å²) in [6.07, 6.45) is 0.331. The zero-order chi connectivity index (χ0) is 15.4. The highest BCUT2D eigenvalue weighted by molar-refractivity contribution is 6.31. The number of carboxylic acid groups (broad SMARTS) is 1. The van der Waals surface area contributed by atoms with Crippen molar-refractivity contribution < 1.29 is 19.0 Å². The van der Waals surface area contributed by atoms with Crippen molar-refractivity contribution in [3.63, 3.8) is 0 Å². The highest BCUT2D eigenvalue weighted by Crippen LogP contribution is 2.19. The molecule has 0 saturated heterocycles. The van der Waals surface area contributed by atoms with Crippen molar-refractivity contribution in [2.24, 2.45) is 0 Å². The van der Waals surface area contributed by atoms with Crippen LogP contribution in [0.2, 0.25) is 5.02 Å². The van der Waals surface area contributed by atoms with E-state index in [1.807, 2.05) is 0 Å². The van der Waals surface area contributed by atoms with Gasteiger partial charge in [0.25, 0.3) is 0 Å². The van der Waals surface area contributed by atoms with Gasteiger partial charge in [-0.15, -0.1) is 5.10 Å². The molecule has 0 atom stereocenters. The third kappa shape index (κ3) is 3.56. The van der Waals surface area contributed by atoms with E-state index in [-0.39, 0.29) is 12.2 Å². The molecule has 0 amide bonds. The smallest absolute Gasteiger partial charge is 0.358 e. The van der Waals surface area contributed by atoms with E-state index in [1.165, 1.54) is 30.0 Å². The van der Waals surface area contributed by atoms with Gasteiger partial charge >= 0.3 is 5.97 Å². The highest BCUT2D eigenvalue weighted by atomic mass is 35.5. The first-order valence-corrected chi connectivity index (χ1v) is 6.49. The number of hydrogen-bond acceptors (Lipinski definition) is 4. The van der Waals surface area contributed by atoms with Gasteiger partial charge in [0.2, 0.25) is 0 Å². The lowest BCUT2D eigenvalue weighted by Gasteiger charge is -2.08. The van der Waals surface area contributed by atoms with Crippen LogP contribution >= 0.6 is 11.6 Å². The van der Waals surface area contributed by atoms with E-state index in [2.05, 4.69) is 10.3 Å². The Hall–Kier alpha value is -1.99. The summed E-state index contributed by atoms with van der Waals surface area (Å²) in [5.74, 6) is -1.59. The summed E-state index contributed by atoms with van der Waals surface area (Å²) in [5.41, 5.74) is 0.765. The standard InChI is InChI=1S/C13H13ClFN3O3/c1-21-5-4-11-12(13(19)20)16-17-18(11)7-8-6-9(15)2-3-10(8)14/h2-3,6H,4-5,7H2,1H3,(H,19,20). The van der Waals surface area contributed by atoms with Crippen molar-refractivity contribution in [3.05, 3.63) is 46.0 Å². The summed E-state index contributed by atoms with van der Waals surface area (Å²) < 4.78 is 19.6. The normalized spacial score (nSPS) is 10.8. The molecule has 1 aromatic heterocycles. The minimum absolute atomic E-state index is 0.135. The van der Waals surface area contributed by atoms with E-state index in [1.54, 1.807) is 0 Å². The lowest BCUT2D eigenvalue weighted by Crippen LogP contribution is -2.12. The second-order valence-electron chi connectivity index (χ2n) is 4.33. The van der Waals surface area contributed by atoms with Crippen LogP contribution in [0.25, 0.3) is 0 Å². The number of rotatable bonds is 6. The van der Waals surface area contributed by atoms with Gasteiger partial charge in [-0.05, 0) is 23.8 Å². The fourth-order valence-electron chi connectivity index (χ4n) is 1.90. The van der Waals surface area contributed by atoms with Crippen LogP contribution in [-0.2, 0) is 17.7 Å². The zero-order valence-electron chi connectivity index (χ0n) is 11.2. The predicted octanol–water partition coefficient (Wildman–Crippen LogP) is 2.01. The van der Waals surface area contributed by atoms with Gasteiger partial charge in [-0.2, -0.15) is 0 Å². The number of halogens is 2. The van der Waals surface area contributed by atoms with Crippen molar-refractivity contribution in [2.75, 3.05) is 13.7 Å². The molecule has 0 fully saturated rings. The number of ether oxygens (including phenoxy) is 1. The van der Waals surface area contributed by atoms with Crippen LogP contribution in [0.4, 0.5) is 4.39 Å². The molecular weight excluding hydrogens is 301 g/mol. The second-order valence-corrected chi connectivity index (χ2v) is 4.73. The average Bonchev–Trinajstić information content (AvgIpc) is 2.83. The van der Waals surface area contributed by atoms with E-state index in [4.69, 9.17) is 21.4 Å². The van der Waals surface area contributed by atoms with Crippen LogP contribution in [0.5, 0.6) is 0 Å². The van der Waals surface area contributed by atoms with Crippen LogP contribution < -0.4 is 0 Å². The molecule has 1 heterocycles. The van der Waals surface area contributed by atoms with Crippen LogP contribution in [0.3, 0.4) is 0 Å².